The van der Waals surface area contributed by atoms with Gasteiger partial charge in [-0.15, -0.1) is 0 Å². The van der Waals surface area contributed by atoms with Gasteiger partial charge in [0.2, 0.25) is 0 Å². The highest BCUT2D eigenvalue weighted by atomic mass is 16.5. The van der Waals surface area contributed by atoms with Crippen molar-refractivity contribution in [2.45, 2.75) is 0 Å². The molecular weight excluding hydrogens is 150 g/mol. The van der Waals surface area contributed by atoms with Gasteiger partial charge in [-0.3, -0.25) is 0 Å². The fourth-order valence-corrected chi connectivity index (χ4v) is 0.416. The second-order valence-electron chi connectivity index (χ2n) is 1.60. The third-order valence-electron chi connectivity index (χ3n) is 0.820. The molecule has 0 aromatic rings. The Morgan fingerprint density at radius 1 is 1.27 bits per heavy atom. The molecule has 0 spiro atoms. The van der Waals surface area contributed by atoms with Gasteiger partial charge in [0, 0.05) is 4.91 Å². The summed E-state index contributed by atoms with van der Waals surface area (Å²) >= 11 is 0. The van der Waals surface area contributed by atoms with Crippen LogP contribution in [0.3, 0.4) is 0 Å². The number of aliphatic hydroxyl groups excluding tert-OH is 1. The van der Waals surface area contributed by atoms with E-state index < -0.39 is 0 Å². The normalized spacial score (nSPS) is 9.18. The van der Waals surface area contributed by atoms with Gasteiger partial charge in [-0.05, 0) is 5.53 Å². The Labute approximate surface area is 64.4 Å². The first-order valence-electron chi connectivity index (χ1n) is 3.19. The third kappa shape index (κ3) is 9.19. The average Bonchev–Trinajstić information content (AvgIpc) is 2.03. The van der Waals surface area contributed by atoms with Crippen molar-refractivity contribution in [1.82, 2.24) is 0 Å². The van der Waals surface area contributed by atoms with Gasteiger partial charge in [-0.1, -0.05) is 5.11 Å². The molecule has 6 nitrogen and oxygen atoms in total. The van der Waals surface area contributed by atoms with E-state index in [1.807, 2.05) is 0 Å². The summed E-state index contributed by atoms with van der Waals surface area (Å²) < 4.78 is 9.65. The molecule has 0 radical (unpaired) electrons. The summed E-state index contributed by atoms with van der Waals surface area (Å²) in [5, 5.41) is 11.4. The highest BCUT2D eigenvalue weighted by molar-refractivity contribution is 4.36. The van der Waals surface area contributed by atoms with E-state index in [9.17, 15) is 0 Å². The molecule has 0 aliphatic heterocycles. The molecule has 0 aromatic carbocycles. The lowest BCUT2D eigenvalue weighted by molar-refractivity contribution is 0.0351. The fraction of sp³-hybridized carbons (Fsp3) is 1.00. The predicted octanol–water partition coefficient (Wildman–Crippen LogP) is 0.280. The molecule has 0 aliphatic rings. The number of hydrogen-bond donors (Lipinski definition) is 1. The smallest absolute Gasteiger partial charge is 0.126 e. The minimum atomic E-state index is 0.0103. The van der Waals surface area contributed by atoms with Crippen molar-refractivity contribution in [3.8, 4) is 0 Å². The Morgan fingerprint density at radius 2 is 2.00 bits per heavy atom. The van der Waals surface area contributed by atoms with Gasteiger partial charge in [-0.25, -0.2) is 0 Å². The lowest BCUT2D eigenvalue weighted by atomic mass is 10.7. The Kier molecular flexibility index (Phi) is 8.51. The largest absolute Gasteiger partial charge is 0.394 e. The number of azide groups is 1. The SMILES string of the molecule is [N-]=[N+]=NCOCCOCCO. The second-order valence-corrected chi connectivity index (χ2v) is 1.60. The molecule has 1 N–H and O–H groups in total. The van der Waals surface area contributed by atoms with Gasteiger partial charge in [0.1, 0.15) is 6.73 Å². The Morgan fingerprint density at radius 3 is 2.64 bits per heavy atom. The summed E-state index contributed by atoms with van der Waals surface area (Å²) in [7, 11) is 0. The summed E-state index contributed by atoms with van der Waals surface area (Å²) in [5.41, 5.74) is 7.82. The van der Waals surface area contributed by atoms with Gasteiger partial charge in [0.05, 0.1) is 26.4 Å². The van der Waals surface area contributed by atoms with Crippen LogP contribution in [0, 0.1) is 0 Å². The summed E-state index contributed by atoms with van der Waals surface area (Å²) in [5.74, 6) is 0. The minimum absolute atomic E-state index is 0.0103. The van der Waals surface area contributed by atoms with E-state index >= 15 is 0 Å². The van der Waals surface area contributed by atoms with Gasteiger partial charge >= 0.3 is 0 Å². The molecule has 0 saturated carbocycles. The molecule has 0 unspecified atom stereocenters. The van der Waals surface area contributed by atoms with Crippen LogP contribution >= 0.6 is 0 Å². The number of aliphatic hydroxyl groups is 1. The molecule has 0 fully saturated rings. The number of rotatable bonds is 7. The van der Waals surface area contributed by atoms with Crippen LogP contribution in [0.5, 0.6) is 0 Å². The van der Waals surface area contributed by atoms with Gasteiger partial charge in [0.25, 0.3) is 0 Å². The molecule has 6 heteroatoms. The predicted molar refractivity (Wildman–Crippen MR) is 37.9 cm³/mol. The molecule has 11 heavy (non-hydrogen) atoms. The van der Waals surface area contributed by atoms with Crippen LogP contribution in [-0.2, 0) is 9.47 Å². The molecule has 0 aromatic heterocycles. The first kappa shape index (κ1) is 10.2. The molecule has 0 saturated heterocycles. The van der Waals surface area contributed by atoms with E-state index in [0.29, 0.717) is 19.8 Å². The van der Waals surface area contributed by atoms with Crippen molar-refractivity contribution in [1.29, 1.82) is 0 Å². The summed E-state index contributed by atoms with van der Waals surface area (Å²) in [6, 6.07) is 0. The fourth-order valence-electron chi connectivity index (χ4n) is 0.416. The Hall–Kier alpha value is -0.810. The van der Waals surface area contributed by atoms with Gasteiger partial charge in [-0.2, -0.15) is 0 Å². The van der Waals surface area contributed by atoms with E-state index in [0.717, 1.165) is 0 Å². The number of ether oxygens (including phenoxy) is 2. The van der Waals surface area contributed by atoms with Gasteiger partial charge < -0.3 is 14.6 Å². The van der Waals surface area contributed by atoms with Crippen LogP contribution in [0.1, 0.15) is 0 Å². The zero-order valence-electron chi connectivity index (χ0n) is 6.14. The van der Waals surface area contributed by atoms with Crippen molar-refractivity contribution in [2.24, 2.45) is 5.11 Å². The Bertz CT molecular complexity index is 124. The number of nitrogens with zero attached hydrogens (tertiary/aromatic N) is 3. The Balaban J connectivity index is 2.84. The molecule has 64 valence electrons. The molecule has 0 atom stereocenters. The first-order chi connectivity index (χ1) is 5.41. The lowest BCUT2D eigenvalue weighted by Gasteiger charge is -2.00. The van der Waals surface area contributed by atoms with E-state index in [4.69, 9.17) is 20.1 Å². The van der Waals surface area contributed by atoms with Crippen molar-refractivity contribution in [2.75, 3.05) is 33.2 Å². The standard InChI is InChI=1S/C5H11N3O3/c6-8-7-5-11-4-3-10-2-1-9/h9H,1-5H2. The van der Waals surface area contributed by atoms with E-state index in [2.05, 4.69) is 10.0 Å². The summed E-state index contributed by atoms with van der Waals surface area (Å²) in [6.45, 7) is 1.13. The summed E-state index contributed by atoms with van der Waals surface area (Å²) in [4.78, 5) is 2.49. The zero-order valence-corrected chi connectivity index (χ0v) is 6.14. The quantitative estimate of drug-likeness (QED) is 0.252. The van der Waals surface area contributed by atoms with Crippen LogP contribution in [-0.4, -0.2) is 38.3 Å². The third-order valence-corrected chi connectivity index (χ3v) is 0.820. The van der Waals surface area contributed by atoms with Crippen LogP contribution in [0.25, 0.3) is 10.4 Å². The van der Waals surface area contributed by atoms with Crippen LogP contribution in [0.2, 0.25) is 0 Å². The number of hydrogen-bond acceptors (Lipinski definition) is 4. The maximum Gasteiger partial charge on any atom is 0.126 e. The molecule has 0 amide bonds. The van der Waals surface area contributed by atoms with Crippen molar-refractivity contribution >= 4 is 0 Å². The van der Waals surface area contributed by atoms with Crippen molar-refractivity contribution in [3.63, 3.8) is 0 Å². The highest BCUT2D eigenvalue weighted by Gasteiger charge is 1.86. The molecule has 0 bridgehead atoms. The minimum Gasteiger partial charge on any atom is -0.394 e. The van der Waals surface area contributed by atoms with Crippen LogP contribution in [0.15, 0.2) is 5.11 Å². The molecule has 0 heterocycles. The van der Waals surface area contributed by atoms with E-state index in [-0.39, 0.29) is 13.3 Å². The second kappa shape index (κ2) is 9.19. The molecule has 0 rings (SSSR count). The maximum atomic E-state index is 8.27. The lowest BCUT2D eigenvalue weighted by Crippen LogP contribution is -2.06. The summed E-state index contributed by atoms with van der Waals surface area (Å²) in [6.07, 6.45) is 0. The monoisotopic (exact) mass is 161 g/mol. The topological polar surface area (TPSA) is 87.5 Å². The van der Waals surface area contributed by atoms with Crippen LogP contribution < -0.4 is 0 Å². The van der Waals surface area contributed by atoms with E-state index in [1.54, 1.807) is 0 Å². The molecular formula is C5H11N3O3. The highest BCUT2D eigenvalue weighted by Crippen LogP contribution is 1.79. The maximum absolute atomic E-state index is 8.27. The zero-order chi connectivity index (χ0) is 8.36. The average molecular weight is 161 g/mol. The first-order valence-corrected chi connectivity index (χ1v) is 3.19. The van der Waals surface area contributed by atoms with Crippen molar-refractivity contribution < 1.29 is 14.6 Å². The van der Waals surface area contributed by atoms with Gasteiger partial charge in [0.15, 0.2) is 0 Å². The van der Waals surface area contributed by atoms with Crippen LogP contribution in [0.4, 0.5) is 0 Å². The van der Waals surface area contributed by atoms with E-state index in [1.165, 1.54) is 0 Å². The van der Waals surface area contributed by atoms with Crippen molar-refractivity contribution in [3.05, 3.63) is 10.4 Å². The molecule has 0 aliphatic carbocycles.